The van der Waals surface area contributed by atoms with Crippen molar-refractivity contribution in [3.05, 3.63) is 143 Å². The van der Waals surface area contributed by atoms with Gasteiger partial charge in [-0.2, -0.15) is 0 Å². The maximum absolute atomic E-state index is 13.9. The molecule has 2 N–H and O–H groups in total. The van der Waals surface area contributed by atoms with Gasteiger partial charge in [0.05, 0.1) is 57.8 Å². The summed E-state index contributed by atoms with van der Waals surface area (Å²) >= 11 is 0. The number of carbonyl (C=O) groups excluding carboxylic acids is 9. The van der Waals surface area contributed by atoms with E-state index in [0.29, 0.717) is 54.2 Å². The summed E-state index contributed by atoms with van der Waals surface area (Å²) in [5.74, 6) is -0.791. The van der Waals surface area contributed by atoms with E-state index in [1.165, 1.54) is 36.4 Å². The van der Waals surface area contributed by atoms with Crippen LogP contribution in [0.2, 0.25) is 0 Å². The molecule has 0 spiro atoms. The number of imide groups is 4. The third-order valence-corrected chi connectivity index (χ3v) is 13.6. The van der Waals surface area contributed by atoms with Gasteiger partial charge in [-0.05, 0) is 109 Å². The summed E-state index contributed by atoms with van der Waals surface area (Å²) in [6.45, 7) is 0.162. The summed E-state index contributed by atoms with van der Waals surface area (Å²) < 4.78 is 21.7. The largest absolute Gasteiger partial charge is 0.481 e. The van der Waals surface area contributed by atoms with Gasteiger partial charge in [0.25, 0.3) is 23.6 Å². The second-order valence-corrected chi connectivity index (χ2v) is 18.1. The van der Waals surface area contributed by atoms with Crippen molar-refractivity contribution >= 4 is 86.3 Å². The summed E-state index contributed by atoms with van der Waals surface area (Å²) in [6, 6.07) is 26.5. The average Bonchev–Trinajstić information content (AvgIpc) is 3.88. The number of amides is 8. The van der Waals surface area contributed by atoms with Crippen molar-refractivity contribution < 1.29 is 72.3 Å². The topological polar surface area (TPSA) is 244 Å². The summed E-state index contributed by atoms with van der Waals surface area (Å²) in [5.41, 5.74) is -1.61. The van der Waals surface area contributed by atoms with Crippen LogP contribution in [0.4, 0.5) is 16.2 Å². The number of aliphatic hydroxyl groups is 2. The highest BCUT2D eigenvalue weighted by molar-refractivity contribution is 6.37. The van der Waals surface area contributed by atoms with Crippen LogP contribution in [0.3, 0.4) is 0 Å². The Morgan fingerprint density at radius 3 is 1.34 bits per heavy atom. The molecule has 9 rings (SSSR count). The molecule has 6 aromatic rings. The highest BCUT2D eigenvalue weighted by Gasteiger charge is 2.56. The normalized spacial score (nSPS) is 15.6. The van der Waals surface area contributed by atoms with Gasteiger partial charge < -0.3 is 29.2 Å². The zero-order valence-electron chi connectivity index (χ0n) is 41.3. The van der Waals surface area contributed by atoms with E-state index >= 15 is 0 Å². The van der Waals surface area contributed by atoms with Crippen molar-refractivity contribution in [3.8, 4) is 36.2 Å². The monoisotopic (exact) mass is 1040 g/mol. The van der Waals surface area contributed by atoms with Crippen LogP contribution < -0.4 is 19.3 Å². The standard InChI is InChI=1S/C58H46N4O15/c1-5-23-74-39-17-21-41-33(25-39)11-9-13-47(41)61-49(65)43-19-15-35(27-45(43)51(61)67)53(69)76-31-37(63)29-59-55(71)58(7-3,8-4)56(72)60(57(59)73)30-38(64)32-77-54(70)36-16-20-44-46(28-36)52(68)62(50(44)66)48-14-10-12-34-26-40(75-24-6-2)18-22-42(34)48/h1-2,9-22,25-28,37-38,63-64H,7-8,23-24,29-32H2,3-4H3. The third-order valence-electron chi connectivity index (χ3n) is 13.6. The highest BCUT2D eigenvalue weighted by Crippen LogP contribution is 2.39. The lowest BCUT2D eigenvalue weighted by molar-refractivity contribution is -0.161. The molecule has 0 aromatic heterocycles. The van der Waals surface area contributed by atoms with Gasteiger partial charge in [-0.1, -0.05) is 50.0 Å². The number of hydrogen-bond acceptors (Lipinski definition) is 15. The number of rotatable bonds is 18. The van der Waals surface area contributed by atoms with E-state index in [4.69, 9.17) is 31.8 Å². The van der Waals surface area contributed by atoms with Crippen LogP contribution in [-0.4, -0.2) is 125 Å². The Balaban J connectivity index is 0.825. The van der Waals surface area contributed by atoms with Gasteiger partial charge in [-0.3, -0.25) is 38.6 Å². The molecule has 0 radical (unpaired) electrons. The van der Waals surface area contributed by atoms with E-state index in [2.05, 4.69) is 11.8 Å². The lowest BCUT2D eigenvalue weighted by Gasteiger charge is -2.44. The number of ether oxygens (including phenoxy) is 4. The number of terminal acetylenes is 2. The van der Waals surface area contributed by atoms with Crippen molar-refractivity contribution in [3.63, 3.8) is 0 Å². The molecule has 6 aromatic carbocycles. The molecular weight excluding hydrogens is 993 g/mol. The predicted octanol–water partition coefficient (Wildman–Crippen LogP) is 5.95. The Bertz CT molecular complexity index is 3380. The van der Waals surface area contributed by atoms with Crippen molar-refractivity contribution in [2.45, 2.75) is 38.9 Å². The van der Waals surface area contributed by atoms with Crippen molar-refractivity contribution in [2.24, 2.45) is 5.41 Å². The van der Waals surface area contributed by atoms with Crippen LogP contribution in [-0.2, 0) is 19.1 Å². The minimum atomic E-state index is -1.80. The molecule has 2 atom stereocenters. The van der Waals surface area contributed by atoms with Gasteiger partial charge in [0.15, 0.2) is 0 Å². The van der Waals surface area contributed by atoms with Crippen LogP contribution in [0.25, 0.3) is 21.5 Å². The molecule has 77 heavy (non-hydrogen) atoms. The molecule has 3 aliphatic heterocycles. The summed E-state index contributed by atoms with van der Waals surface area (Å²) in [5, 5.41) is 24.7. The first kappa shape index (κ1) is 52.2. The zero-order valence-corrected chi connectivity index (χ0v) is 41.3. The quantitative estimate of drug-likeness (QED) is 0.0437. The van der Waals surface area contributed by atoms with E-state index in [9.17, 15) is 53.4 Å². The molecular formula is C58H46N4O15. The van der Waals surface area contributed by atoms with Crippen LogP contribution in [0.1, 0.15) is 88.8 Å². The number of aliphatic hydroxyl groups excluding tert-OH is 2. The predicted molar refractivity (Wildman–Crippen MR) is 276 cm³/mol. The number of hydrogen-bond donors (Lipinski definition) is 2. The number of carbonyl (C=O) groups is 9. The maximum Gasteiger partial charge on any atom is 0.338 e. The Kier molecular flexibility index (Phi) is 14.4. The number of β-amino-alcohol motifs (C(OH)–C–C–N with tert-alkyl or cyclic N) is 2. The van der Waals surface area contributed by atoms with Gasteiger partial charge in [-0.15, -0.1) is 12.8 Å². The van der Waals surface area contributed by atoms with Crippen LogP contribution in [0.15, 0.2) is 109 Å². The van der Waals surface area contributed by atoms with Crippen LogP contribution >= 0.6 is 0 Å². The van der Waals surface area contributed by atoms with E-state index in [1.54, 1.807) is 86.6 Å². The molecule has 2 unspecified atom stereocenters. The molecule has 0 saturated carbocycles. The van der Waals surface area contributed by atoms with Gasteiger partial charge >= 0.3 is 18.0 Å². The number of urea groups is 1. The molecule has 0 bridgehead atoms. The zero-order chi connectivity index (χ0) is 54.9. The number of barbiturate groups is 1. The van der Waals surface area contributed by atoms with E-state index in [0.717, 1.165) is 9.80 Å². The third kappa shape index (κ3) is 9.45. The highest BCUT2D eigenvalue weighted by atomic mass is 16.5. The van der Waals surface area contributed by atoms with Crippen LogP contribution in [0.5, 0.6) is 11.5 Å². The lowest BCUT2D eigenvalue weighted by Crippen LogP contribution is -2.67. The first-order valence-corrected chi connectivity index (χ1v) is 24.2. The first-order chi connectivity index (χ1) is 37.0. The summed E-state index contributed by atoms with van der Waals surface area (Å²) in [6.07, 6.45) is 7.05. The number of nitrogens with zero attached hydrogens (tertiary/aromatic N) is 4. The molecule has 0 aliphatic carbocycles. The lowest BCUT2D eigenvalue weighted by atomic mass is 9.77. The van der Waals surface area contributed by atoms with E-state index < -0.39 is 97.3 Å². The second-order valence-electron chi connectivity index (χ2n) is 18.1. The van der Waals surface area contributed by atoms with E-state index in [1.807, 2.05) is 0 Å². The summed E-state index contributed by atoms with van der Waals surface area (Å²) in [7, 11) is 0. The SMILES string of the molecule is C#CCOc1ccc2c(N3C(=O)c4ccc(C(=O)OCC(O)CN5C(=O)N(CC(O)COC(=O)c6ccc7c(c6)C(=O)N(c6cccc8cc(OCC#C)ccc68)C7=O)C(=O)C(CC)(CC)C5=O)cc4C3=O)cccc2c1. The fourth-order valence-corrected chi connectivity index (χ4v) is 9.62. The fourth-order valence-electron chi connectivity index (χ4n) is 9.62. The Hall–Kier alpha value is -9.69. The molecule has 1 fully saturated rings. The molecule has 1 saturated heterocycles. The molecule has 3 aliphatic rings. The number of esters is 2. The Morgan fingerprint density at radius 1 is 0.545 bits per heavy atom. The van der Waals surface area contributed by atoms with Gasteiger partial charge in [0, 0.05) is 10.8 Å². The number of anilines is 2. The first-order valence-electron chi connectivity index (χ1n) is 24.2. The molecule has 8 amide bonds. The summed E-state index contributed by atoms with van der Waals surface area (Å²) in [4.78, 5) is 127. The van der Waals surface area contributed by atoms with Crippen molar-refractivity contribution in [1.29, 1.82) is 0 Å². The molecule has 388 valence electrons. The molecule has 19 heteroatoms. The van der Waals surface area contributed by atoms with Gasteiger partial charge in [0.1, 0.15) is 55.5 Å². The smallest absolute Gasteiger partial charge is 0.338 e. The second kappa shape index (κ2) is 21.3. The molecule has 19 nitrogen and oxygen atoms in total. The number of benzene rings is 6. The van der Waals surface area contributed by atoms with Gasteiger partial charge in [-0.25, -0.2) is 24.2 Å². The Morgan fingerprint density at radius 2 is 0.948 bits per heavy atom. The van der Waals surface area contributed by atoms with E-state index in [-0.39, 0.29) is 59.4 Å². The van der Waals surface area contributed by atoms with Crippen molar-refractivity contribution in [2.75, 3.05) is 49.3 Å². The maximum atomic E-state index is 13.9. The minimum Gasteiger partial charge on any atom is -0.481 e. The fraction of sp³-hybridized carbons (Fsp3) is 0.224. The van der Waals surface area contributed by atoms with Crippen molar-refractivity contribution in [1.82, 2.24) is 9.80 Å². The molecule has 3 heterocycles. The Labute approximate surface area is 439 Å². The number of fused-ring (bicyclic) bond motifs is 4. The minimum absolute atomic E-state index is 0.0301. The van der Waals surface area contributed by atoms with Crippen LogP contribution in [0, 0.1) is 30.1 Å². The average molecular weight is 1040 g/mol. The van der Waals surface area contributed by atoms with Gasteiger partial charge in [0.2, 0.25) is 11.8 Å².